The van der Waals surface area contributed by atoms with E-state index in [1.54, 1.807) is 0 Å². The van der Waals surface area contributed by atoms with Crippen LogP contribution in [0, 0.1) is 5.92 Å². The second-order valence-corrected chi connectivity index (χ2v) is 3.21. The minimum absolute atomic E-state index is 0.00996. The van der Waals surface area contributed by atoms with Crippen LogP contribution in [0.1, 0.15) is 39.0 Å². The van der Waals surface area contributed by atoms with Crippen molar-refractivity contribution in [2.45, 2.75) is 39.0 Å². The molecule has 0 aliphatic heterocycles. The summed E-state index contributed by atoms with van der Waals surface area (Å²) >= 11 is 0. The maximum absolute atomic E-state index is 10.8. The van der Waals surface area contributed by atoms with Gasteiger partial charge in [0.05, 0.1) is 0 Å². The molecule has 0 aromatic carbocycles. The quantitative estimate of drug-likeness (QED) is 0.505. The Balaban J connectivity index is 2.16. The van der Waals surface area contributed by atoms with E-state index in [9.17, 15) is 4.79 Å². The Bertz CT molecular complexity index is 171. The number of nitrogens with zero attached hydrogens (tertiary/aromatic N) is 1. The highest BCUT2D eigenvalue weighted by Gasteiger charge is 2.11. The Hall–Kier alpha value is -0.860. The van der Waals surface area contributed by atoms with E-state index >= 15 is 0 Å². The van der Waals surface area contributed by atoms with Crippen molar-refractivity contribution in [2.24, 2.45) is 11.0 Å². The maximum Gasteiger partial charge on any atom is 0.239 e. The summed E-state index contributed by atoms with van der Waals surface area (Å²) in [4.78, 5) is 10.8. The van der Waals surface area contributed by atoms with Gasteiger partial charge in [-0.15, -0.1) is 0 Å². The minimum atomic E-state index is -0.00996. The van der Waals surface area contributed by atoms with Crippen molar-refractivity contribution in [1.82, 2.24) is 5.43 Å². The summed E-state index contributed by atoms with van der Waals surface area (Å²) in [6.07, 6.45) is 7.44. The average Bonchev–Trinajstić information content (AvgIpc) is 2.57. The summed E-state index contributed by atoms with van der Waals surface area (Å²) in [7, 11) is 0. The highest BCUT2D eigenvalue weighted by Crippen LogP contribution is 2.22. The fourth-order valence-electron chi connectivity index (χ4n) is 1.40. The second kappa shape index (κ2) is 4.91. The van der Waals surface area contributed by atoms with E-state index in [1.807, 2.05) is 13.1 Å². The number of hydrogen-bond acceptors (Lipinski definition) is 2. The molecule has 0 atom stereocenters. The SMILES string of the molecule is CCC(=O)N/N=C/C1CCCC1. The lowest BCUT2D eigenvalue weighted by molar-refractivity contribution is -0.120. The molecule has 0 bridgehead atoms. The highest BCUT2D eigenvalue weighted by molar-refractivity contribution is 5.76. The minimum Gasteiger partial charge on any atom is -0.273 e. The van der Waals surface area contributed by atoms with Gasteiger partial charge in [-0.3, -0.25) is 4.79 Å². The van der Waals surface area contributed by atoms with Gasteiger partial charge >= 0.3 is 0 Å². The number of carbonyl (C=O) groups excluding carboxylic acids is 1. The number of amides is 1. The molecule has 1 aliphatic carbocycles. The van der Waals surface area contributed by atoms with Crippen LogP contribution in [0.15, 0.2) is 5.10 Å². The molecular formula is C9H16N2O. The normalized spacial score (nSPS) is 18.8. The van der Waals surface area contributed by atoms with Crippen LogP contribution in [0.2, 0.25) is 0 Å². The molecule has 0 saturated heterocycles. The number of hydrogen-bond donors (Lipinski definition) is 1. The van der Waals surface area contributed by atoms with E-state index < -0.39 is 0 Å². The number of nitrogens with one attached hydrogen (secondary N) is 1. The summed E-state index contributed by atoms with van der Waals surface area (Å²) < 4.78 is 0. The third kappa shape index (κ3) is 3.03. The van der Waals surface area contributed by atoms with Crippen molar-refractivity contribution < 1.29 is 4.79 Å². The third-order valence-corrected chi connectivity index (χ3v) is 2.20. The van der Waals surface area contributed by atoms with Gasteiger partial charge in [0.2, 0.25) is 5.91 Å². The topological polar surface area (TPSA) is 41.5 Å². The molecule has 1 aliphatic rings. The number of hydrazone groups is 1. The van der Waals surface area contributed by atoms with Gasteiger partial charge in [0, 0.05) is 12.6 Å². The molecule has 0 aromatic rings. The fourth-order valence-corrected chi connectivity index (χ4v) is 1.40. The third-order valence-electron chi connectivity index (χ3n) is 2.20. The molecule has 1 amide bonds. The molecule has 1 rings (SSSR count). The molecule has 68 valence electrons. The Morgan fingerprint density at radius 2 is 2.25 bits per heavy atom. The molecule has 3 heteroatoms. The van der Waals surface area contributed by atoms with Crippen LogP contribution in [-0.4, -0.2) is 12.1 Å². The lowest BCUT2D eigenvalue weighted by Crippen LogP contribution is -2.16. The maximum atomic E-state index is 10.8. The van der Waals surface area contributed by atoms with Crippen molar-refractivity contribution in [3.8, 4) is 0 Å². The van der Waals surface area contributed by atoms with E-state index in [1.165, 1.54) is 25.7 Å². The fraction of sp³-hybridized carbons (Fsp3) is 0.778. The van der Waals surface area contributed by atoms with Crippen LogP contribution in [0.5, 0.6) is 0 Å². The zero-order valence-corrected chi connectivity index (χ0v) is 7.55. The van der Waals surface area contributed by atoms with Gasteiger partial charge in [-0.05, 0) is 18.8 Å². The van der Waals surface area contributed by atoms with Gasteiger partial charge in [-0.1, -0.05) is 19.8 Å². The van der Waals surface area contributed by atoms with Crippen LogP contribution in [0.4, 0.5) is 0 Å². The molecule has 0 heterocycles. The van der Waals surface area contributed by atoms with Crippen LogP contribution in [-0.2, 0) is 4.79 Å². The van der Waals surface area contributed by atoms with E-state index in [2.05, 4.69) is 10.5 Å². The molecule has 0 radical (unpaired) electrons. The summed E-state index contributed by atoms with van der Waals surface area (Å²) in [5, 5.41) is 3.90. The van der Waals surface area contributed by atoms with Gasteiger partial charge in [0.25, 0.3) is 0 Å². The zero-order chi connectivity index (χ0) is 8.81. The first-order valence-corrected chi connectivity index (χ1v) is 4.65. The van der Waals surface area contributed by atoms with Crippen LogP contribution < -0.4 is 5.43 Å². The summed E-state index contributed by atoms with van der Waals surface area (Å²) in [5.41, 5.74) is 2.49. The monoisotopic (exact) mass is 168 g/mol. The second-order valence-electron chi connectivity index (χ2n) is 3.21. The van der Waals surface area contributed by atoms with E-state index in [0.29, 0.717) is 12.3 Å². The van der Waals surface area contributed by atoms with Crippen molar-refractivity contribution in [3.63, 3.8) is 0 Å². The first kappa shape index (κ1) is 9.23. The van der Waals surface area contributed by atoms with Gasteiger partial charge in [0.15, 0.2) is 0 Å². The van der Waals surface area contributed by atoms with Crippen molar-refractivity contribution in [3.05, 3.63) is 0 Å². The zero-order valence-electron chi connectivity index (χ0n) is 7.55. The Morgan fingerprint density at radius 1 is 1.58 bits per heavy atom. The predicted octanol–water partition coefficient (Wildman–Crippen LogP) is 1.69. The Kier molecular flexibility index (Phi) is 3.77. The van der Waals surface area contributed by atoms with Gasteiger partial charge in [-0.25, -0.2) is 5.43 Å². The smallest absolute Gasteiger partial charge is 0.239 e. The van der Waals surface area contributed by atoms with E-state index in [4.69, 9.17) is 0 Å². The first-order valence-electron chi connectivity index (χ1n) is 4.65. The van der Waals surface area contributed by atoms with Gasteiger partial charge < -0.3 is 0 Å². The van der Waals surface area contributed by atoms with Crippen LogP contribution >= 0.6 is 0 Å². The molecule has 1 saturated carbocycles. The molecule has 3 nitrogen and oxygen atoms in total. The Morgan fingerprint density at radius 3 is 2.83 bits per heavy atom. The van der Waals surface area contributed by atoms with Crippen molar-refractivity contribution in [2.75, 3.05) is 0 Å². The largest absolute Gasteiger partial charge is 0.273 e. The highest BCUT2D eigenvalue weighted by atomic mass is 16.2. The lowest BCUT2D eigenvalue weighted by atomic mass is 10.1. The number of rotatable bonds is 3. The van der Waals surface area contributed by atoms with E-state index in [0.717, 1.165) is 0 Å². The molecule has 1 fully saturated rings. The summed E-state index contributed by atoms with van der Waals surface area (Å²) in [6, 6.07) is 0. The lowest BCUT2D eigenvalue weighted by Gasteiger charge is -1.99. The number of carbonyl (C=O) groups is 1. The van der Waals surface area contributed by atoms with Crippen LogP contribution in [0.25, 0.3) is 0 Å². The summed E-state index contributed by atoms with van der Waals surface area (Å²) in [6.45, 7) is 1.82. The van der Waals surface area contributed by atoms with Gasteiger partial charge in [-0.2, -0.15) is 5.10 Å². The van der Waals surface area contributed by atoms with Crippen molar-refractivity contribution >= 4 is 12.1 Å². The molecule has 1 N–H and O–H groups in total. The summed E-state index contributed by atoms with van der Waals surface area (Å²) in [5.74, 6) is 0.589. The molecule has 12 heavy (non-hydrogen) atoms. The average molecular weight is 168 g/mol. The van der Waals surface area contributed by atoms with Crippen LogP contribution in [0.3, 0.4) is 0 Å². The molecule has 0 aromatic heterocycles. The molecule has 0 unspecified atom stereocenters. The van der Waals surface area contributed by atoms with Crippen molar-refractivity contribution in [1.29, 1.82) is 0 Å². The predicted molar refractivity (Wildman–Crippen MR) is 48.9 cm³/mol. The first-order chi connectivity index (χ1) is 5.83. The standard InChI is InChI=1S/C9H16N2O/c1-2-9(12)11-10-7-8-5-3-4-6-8/h7-8H,2-6H2,1H3,(H,11,12)/b10-7+. The Labute approximate surface area is 73.2 Å². The van der Waals surface area contributed by atoms with Gasteiger partial charge in [0.1, 0.15) is 0 Å². The van der Waals surface area contributed by atoms with E-state index in [-0.39, 0.29) is 5.91 Å². The molecule has 0 spiro atoms. The molecular weight excluding hydrogens is 152 g/mol.